The number of carboxylic acids is 1. The zero-order valence-corrected chi connectivity index (χ0v) is 19.3. The van der Waals surface area contributed by atoms with Gasteiger partial charge in [-0.05, 0) is 18.3 Å². The Morgan fingerprint density at radius 2 is 1.45 bits per heavy atom. The van der Waals surface area contributed by atoms with Crippen LogP contribution in [0.25, 0.3) is 0 Å². The number of carboxylic acid groups (broad SMARTS) is 1. The van der Waals surface area contributed by atoms with Crippen molar-refractivity contribution in [3.8, 4) is 0 Å². The summed E-state index contributed by atoms with van der Waals surface area (Å²) in [5.74, 6) is -4.63. The van der Waals surface area contributed by atoms with Gasteiger partial charge in [0.25, 0.3) is 0 Å². The van der Waals surface area contributed by atoms with Crippen LogP contribution in [0.5, 0.6) is 0 Å². The molecule has 0 fully saturated rings. The number of carbonyl (C=O) groups is 5. The molecule has 0 radical (unpaired) electrons. The number of primary amides is 1. The summed E-state index contributed by atoms with van der Waals surface area (Å²) in [7, 11) is 0. The molecule has 178 valence electrons. The fourth-order valence-electron chi connectivity index (χ4n) is 2.71. The van der Waals surface area contributed by atoms with Crippen LogP contribution in [0.2, 0.25) is 0 Å². The van der Waals surface area contributed by atoms with Crippen molar-refractivity contribution in [2.75, 3.05) is 5.75 Å². The lowest BCUT2D eigenvalue weighted by molar-refractivity contribution is -0.143. The van der Waals surface area contributed by atoms with Crippen molar-refractivity contribution in [2.24, 2.45) is 23.3 Å². The predicted molar refractivity (Wildman–Crippen MR) is 118 cm³/mol. The molecule has 0 saturated heterocycles. The Morgan fingerprint density at radius 3 is 1.87 bits per heavy atom. The van der Waals surface area contributed by atoms with E-state index >= 15 is 0 Å². The maximum atomic E-state index is 12.6. The summed E-state index contributed by atoms with van der Waals surface area (Å²) in [6.07, 6.45) is 0.376. The summed E-state index contributed by atoms with van der Waals surface area (Å²) in [6.45, 7) is 7.21. The highest BCUT2D eigenvalue weighted by Gasteiger charge is 2.32. The lowest BCUT2D eigenvalue weighted by Gasteiger charge is -2.25. The first-order chi connectivity index (χ1) is 14.3. The maximum absolute atomic E-state index is 12.6. The molecule has 0 aliphatic heterocycles. The van der Waals surface area contributed by atoms with Crippen LogP contribution in [0, 0.1) is 11.8 Å². The number of rotatable bonds is 14. The first-order valence-corrected chi connectivity index (χ1v) is 10.8. The number of nitrogens with one attached hydrogen (secondary N) is 3. The molecule has 4 amide bonds. The van der Waals surface area contributed by atoms with Crippen LogP contribution in [-0.4, -0.2) is 64.6 Å². The minimum absolute atomic E-state index is 0.133. The van der Waals surface area contributed by atoms with Crippen molar-refractivity contribution in [3.05, 3.63) is 0 Å². The highest BCUT2D eigenvalue weighted by atomic mass is 32.1. The molecule has 12 heteroatoms. The van der Waals surface area contributed by atoms with Gasteiger partial charge in [0.15, 0.2) is 0 Å². The molecule has 11 nitrogen and oxygen atoms in total. The molecule has 0 aliphatic carbocycles. The van der Waals surface area contributed by atoms with Crippen molar-refractivity contribution in [1.29, 1.82) is 0 Å². The number of aliphatic carboxylic acids is 1. The highest BCUT2D eigenvalue weighted by molar-refractivity contribution is 7.80. The summed E-state index contributed by atoms with van der Waals surface area (Å²) < 4.78 is 0. The Hall–Kier alpha value is -2.34. The van der Waals surface area contributed by atoms with Crippen LogP contribution in [-0.2, 0) is 24.0 Å². The van der Waals surface area contributed by atoms with Crippen molar-refractivity contribution >= 4 is 42.2 Å². The number of nitrogens with two attached hydrogens (primary N) is 2. The van der Waals surface area contributed by atoms with Crippen molar-refractivity contribution in [2.45, 2.75) is 71.1 Å². The molecular formula is C19H35N5O6S. The van der Waals surface area contributed by atoms with Gasteiger partial charge < -0.3 is 32.5 Å². The van der Waals surface area contributed by atoms with E-state index in [-0.39, 0.29) is 17.6 Å². The molecule has 8 N–H and O–H groups in total. The lowest BCUT2D eigenvalue weighted by Crippen LogP contribution is -2.58. The zero-order valence-electron chi connectivity index (χ0n) is 18.4. The first-order valence-electron chi connectivity index (χ1n) is 10.1. The lowest BCUT2D eigenvalue weighted by atomic mass is 9.99. The second-order valence-electron chi connectivity index (χ2n) is 7.92. The van der Waals surface area contributed by atoms with E-state index in [9.17, 15) is 29.1 Å². The van der Waals surface area contributed by atoms with Gasteiger partial charge >= 0.3 is 5.97 Å². The molecule has 0 rings (SSSR count). The molecule has 5 atom stereocenters. The average Bonchev–Trinajstić information content (AvgIpc) is 2.67. The van der Waals surface area contributed by atoms with Gasteiger partial charge in [-0.25, -0.2) is 4.79 Å². The maximum Gasteiger partial charge on any atom is 0.326 e. The minimum Gasteiger partial charge on any atom is -0.480 e. The van der Waals surface area contributed by atoms with E-state index in [1.54, 1.807) is 13.8 Å². The van der Waals surface area contributed by atoms with Crippen LogP contribution in [0.1, 0.15) is 47.0 Å². The number of thiol groups is 1. The minimum atomic E-state index is -1.34. The second kappa shape index (κ2) is 13.9. The fraction of sp³-hybridized carbons (Fsp3) is 0.737. The zero-order chi connectivity index (χ0) is 24.3. The molecule has 0 aromatic rings. The van der Waals surface area contributed by atoms with Crippen LogP contribution < -0.4 is 27.4 Å². The van der Waals surface area contributed by atoms with Gasteiger partial charge in [0.1, 0.15) is 18.1 Å². The molecule has 0 aromatic carbocycles. The molecule has 31 heavy (non-hydrogen) atoms. The van der Waals surface area contributed by atoms with E-state index in [0.29, 0.717) is 12.8 Å². The van der Waals surface area contributed by atoms with Gasteiger partial charge in [0.2, 0.25) is 23.6 Å². The Kier molecular flexibility index (Phi) is 12.8. The molecule has 5 unspecified atom stereocenters. The van der Waals surface area contributed by atoms with Gasteiger partial charge in [-0.1, -0.05) is 34.1 Å². The third-order valence-electron chi connectivity index (χ3n) is 4.69. The molecule has 0 aromatic heterocycles. The highest BCUT2D eigenvalue weighted by Crippen LogP contribution is 2.09. The summed E-state index contributed by atoms with van der Waals surface area (Å²) in [6, 6.07) is -4.58. The van der Waals surface area contributed by atoms with Crippen LogP contribution in [0.15, 0.2) is 0 Å². The van der Waals surface area contributed by atoms with E-state index in [2.05, 4.69) is 28.6 Å². The average molecular weight is 462 g/mol. The van der Waals surface area contributed by atoms with E-state index in [1.807, 2.05) is 13.8 Å². The molecular weight excluding hydrogens is 426 g/mol. The monoisotopic (exact) mass is 461 g/mol. The molecule has 0 spiro atoms. The number of hydrogen-bond donors (Lipinski definition) is 7. The summed E-state index contributed by atoms with van der Waals surface area (Å²) >= 11 is 4.03. The Balaban J connectivity index is 5.30. The quantitative estimate of drug-likeness (QED) is 0.157. The van der Waals surface area contributed by atoms with Crippen molar-refractivity contribution in [3.63, 3.8) is 0 Å². The Morgan fingerprint density at radius 1 is 0.935 bits per heavy atom. The van der Waals surface area contributed by atoms with Gasteiger partial charge in [0.05, 0.1) is 12.5 Å². The van der Waals surface area contributed by atoms with E-state index in [4.69, 9.17) is 11.5 Å². The van der Waals surface area contributed by atoms with Crippen LogP contribution in [0.3, 0.4) is 0 Å². The van der Waals surface area contributed by atoms with E-state index in [0.717, 1.165) is 0 Å². The van der Waals surface area contributed by atoms with Crippen molar-refractivity contribution in [1.82, 2.24) is 16.0 Å². The number of hydrogen-bond acceptors (Lipinski definition) is 7. The van der Waals surface area contributed by atoms with Gasteiger partial charge in [0, 0.05) is 5.75 Å². The largest absolute Gasteiger partial charge is 0.480 e. The summed E-state index contributed by atoms with van der Waals surface area (Å²) in [5.41, 5.74) is 11.0. The van der Waals surface area contributed by atoms with Gasteiger partial charge in [-0.2, -0.15) is 12.6 Å². The number of amides is 4. The molecule has 0 bridgehead atoms. The summed E-state index contributed by atoms with van der Waals surface area (Å²) in [4.78, 5) is 60.2. The van der Waals surface area contributed by atoms with E-state index < -0.39 is 60.2 Å². The first kappa shape index (κ1) is 28.7. The predicted octanol–water partition coefficient (Wildman–Crippen LogP) is -1.25. The van der Waals surface area contributed by atoms with Crippen LogP contribution in [0.4, 0.5) is 0 Å². The Bertz CT molecular complexity index is 660. The van der Waals surface area contributed by atoms with E-state index in [1.165, 1.54) is 0 Å². The summed E-state index contributed by atoms with van der Waals surface area (Å²) in [5, 5.41) is 16.5. The fourth-order valence-corrected chi connectivity index (χ4v) is 2.96. The normalized spacial score (nSPS) is 15.8. The smallest absolute Gasteiger partial charge is 0.326 e. The van der Waals surface area contributed by atoms with Gasteiger partial charge in [-0.15, -0.1) is 0 Å². The Labute approximate surface area is 187 Å². The third kappa shape index (κ3) is 10.5. The molecule has 0 aliphatic rings. The molecule has 0 heterocycles. The number of carbonyl (C=O) groups excluding carboxylic acids is 4. The van der Waals surface area contributed by atoms with Crippen molar-refractivity contribution < 1.29 is 29.1 Å². The SMILES string of the molecule is CCC(C)C(NC(=O)C(CS)NC(=O)C(CC(N)=O)NC(=O)C(N)CC(C)C)C(=O)O. The third-order valence-corrected chi connectivity index (χ3v) is 5.06. The van der Waals surface area contributed by atoms with Crippen LogP contribution >= 0.6 is 12.6 Å². The second-order valence-corrected chi connectivity index (χ2v) is 8.29. The standard InChI is InChI=1S/C19H35N5O6S/c1-5-10(4)15(19(29)30)24-18(28)13(8-31)23-17(27)12(7-14(21)25)22-16(26)11(20)6-9(2)3/h9-13,15,31H,5-8,20H2,1-4H3,(H2,21,25)(H,22,26)(H,23,27)(H,24,28)(H,29,30). The van der Waals surface area contributed by atoms with Gasteiger partial charge in [-0.3, -0.25) is 19.2 Å². The topological polar surface area (TPSA) is 194 Å². The molecule has 0 saturated carbocycles.